The molecule has 0 spiro atoms. The maximum atomic E-state index is 5.59. The van der Waals surface area contributed by atoms with Gasteiger partial charge in [0.1, 0.15) is 5.75 Å². The van der Waals surface area contributed by atoms with Crippen LogP contribution >= 0.6 is 0 Å². The largest absolute Gasteiger partial charge is 0.496 e. The lowest BCUT2D eigenvalue weighted by Crippen LogP contribution is -2.07. The van der Waals surface area contributed by atoms with Crippen molar-refractivity contribution in [2.45, 2.75) is 25.9 Å². The van der Waals surface area contributed by atoms with E-state index in [1.165, 1.54) is 5.56 Å². The summed E-state index contributed by atoms with van der Waals surface area (Å²) in [5.74, 6) is 1.35. The van der Waals surface area contributed by atoms with Crippen LogP contribution in [0.4, 0.5) is 0 Å². The Kier molecular flexibility index (Phi) is 5.29. The van der Waals surface area contributed by atoms with Crippen molar-refractivity contribution in [3.05, 3.63) is 29.3 Å². The second-order valence-corrected chi connectivity index (χ2v) is 3.95. The van der Waals surface area contributed by atoms with Gasteiger partial charge in [-0.05, 0) is 24.4 Å². The van der Waals surface area contributed by atoms with E-state index in [1.54, 1.807) is 14.2 Å². The van der Waals surface area contributed by atoms with Crippen LogP contribution < -0.4 is 10.5 Å². The second kappa shape index (κ2) is 6.51. The SMILES string of the molecule is COCc1cccc(C(C)CCN)c1OC. The number of hydrogen-bond acceptors (Lipinski definition) is 3. The van der Waals surface area contributed by atoms with Gasteiger partial charge in [-0.2, -0.15) is 0 Å². The summed E-state index contributed by atoms with van der Waals surface area (Å²) >= 11 is 0. The van der Waals surface area contributed by atoms with E-state index in [0.29, 0.717) is 19.1 Å². The summed E-state index contributed by atoms with van der Waals surface area (Å²) < 4.78 is 10.6. The third-order valence-corrected chi connectivity index (χ3v) is 2.76. The highest BCUT2D eigenvalue weighted by molar-refractivity contribution is 5.43. The molecule has 1 aromatic carbocycles. The number of rotatable bonds is 6. The highest BCUT2D eigenvalue weighted by Gasteiger charge is 2.13. The van der Waals surface area contributed by atoms with Crippen molar-refractivity contribution in [3.8, 4) is 5.75 Å². The number of methoxy groups -OCH3 is 2. The Labute approximate surface area is 97.6 Å². The zero-order valence-electron chi connectivity index (χ0n) is 10.3. The average Bonchev–Trinajstić information content (AvgIpc) is 2.29. The smallest absolute Gasteiger partial charge is 0.127 e. The van der Waals surface area contributed by atoms with Crippen molar-refractivity contribution in [2.24, 2.45) is 5.73 Å². The molecule has 0 bridgehead atoms. The van der Waals surface area contributed by atoms with Crippen molar-refractivity contribution in [3.63, 3.8) is 0 Å². The summed E-state index contributed by atoms with van der Waals surface area (Å²) in [5, 5.41) is 0. The third-order valence-electron chi connectivity index (χ3n) is 2.76. The van der Waals surface area contributed by atoms with Gasteiger partial charge in [0.2, 0.25) is 0 Å². The highest BCUT2D eigenvalue weighted by atomic mass is 16.5. The molecule has 0 aliphatic rings. The maximum absolute atomic E-state index is 5.59. The molecular formula is C13H21NO2. The predicted molar refractivity (Wildman–Crippen MR) is 65.8 cm³/mol. The summed E-state index contributed by atoms with van der Waals surface area (Å²) in [7, 11) is 3.39. The fourth-order valence-corrected chi connectivity index (χ4v) is 1.92. The van der Waals surface area contributed by atoms with Crippen molar-refractivity contribution in [1.29, 1.82) is 0 Å². The Morgan fingerprint density at radius 3 is 2.62 bits per heavy atom. The molecule has 0 aliphatic carbocycles. The van der Waals surface area contributed by atoms with E-state index in [4.69, 9.17) is 15.2 Å². The lowest BCUT2D eigenvalue weighted by molar-refractivity contribution is 0.181. The standard InChI is InChI=1S/C13H21NO2/c1-10(7-8-14)12-6-4-5-11(9-15-2)13(12)16-3/h4-6,10H,7-9,14H2,1-3H3. The molecule has 1 rings (SSSR count). The van der Waals surface area contributed by atoms with Crippen LogP contribution in [0.5, 0.6) is 5.75 Å². The van der Waals surface area contributed by atoms with Crippen LogP contribution in [-0.4, -0.2) is 20.8 Å². The van der Waals surface area contributed by atoms with E-state index in [9.17, 15) is 0 Å². The first kappa shape index (κ1) is 13.0. The van der Waals surface area contributed by atoms with Gasteiger partial charge in [-0.15, -0.1) is 0 Å². The predicted octanol–water partition coefficient (Wildman–Crippen LogP) is 2.29. The molecule has 0 saturated heterocycles. The molecule has 0 heterocycles. The molecule has 1 atom stereocenters. The Hall–Kier alpha value is -1.06. The number of para-hydroxylation sites is 1. The molecule has 90 valence electrons. The van der Waals surface area contributed by atoms with Gasteiger partial charge in [-0.3, -0.25) is 0 Å². The van der Waals surface area contributed by atoms with Crippen LogP contribution in [0.15, 0.2) is 18.2 Å². The summed E-state index contributed by atoms with van der Waals surface area (Å²) in [4.78, 5) is 0. The minimum atomic E-state index is 0.414. The van der Waals surface area contributed by atoms with Gasteiger partial charge >= 0.3 is 0 Å². The van der Waals surface area contributed by atoms with Crippen molar-refractivity contribution < 1.29 is 9.47 Å². The Balaban J connectivity index is 3.02. The van der Waals surface area contributed by atoms with E-state index in [2.05, 4.69) is 13.0 Å². The lowest BCUT2D eigenvalue weighted by Gasteiger charge is -2.17. The minimum Gasteiger partial charge on any atom is -0.496 e. The van der Waals surface area contributed by atoms with Crippen molar-refractivity contribution in [2.75, 3.05) is 20.8 Å². The first-order valence-electron chi connectivity index (χ1n) is 5.59. The topological polar surface area (TPSA) is 44.5 Å². The zero-order valence-corrected chi connectivity index (χ0v) is 10.3. The molecule has 0 aliphatic heterocycles. The summed E-state index contributed by atoms with van der Waals surface area (Å²) in [6, 6.07) is 6.17. The Bertz CT molecular complexity index is 326. The number of nitrogens with two attached hydrogens (primary N) is 1. The quantitative estimate of drug-likeness (QED) is 0.804. The third kappa shape index (κ3) is 2.97. The lowest BCUT2D eigenvalue weighted by atomic mass is 9.95. The molecule has 1 aromatic rings. The van der Waals surface area contributed by atoms with Crippen LogP contribution in [-0.2, 0) is 11.3 Å². The summed E-state index contributed by atoms with van der Waals surface area (Å²) in [6.45, 7) is 3.44. The van der Waals surface area contributed by atoms with Gasteiger partial charge in [0.05, 0.1) is 13.7 Å². The van der Waals surface area contributed by atoms with Crippen LogP contribution in [0.25, 0.3) is 0 Å². The maximum Gasteiger partial charge on any atom is 0.127 e. The van der Waals surface area contributed by atoms with Crippen molar-refractivity contribution in [1.82, 2.24) is 0 Å². The Morgan fingerprint density at radius 2 is 2.06 bits per heavy atom. The van der Waals surface area contributed by atoms with Crippen LogP contribution in [0, 0.1) is 0 Å². The van der Waals surface area contributed by atoms with Crippen LogP contribution in [0.1, 0.15) is 30.4 Å². The van der Waals surface area contributed by atoms with E-state index in [-0.39, 0.29) is 0 Å². The van der Waals surface area contributed by atoms with E-state index in [0.717, 1.165) is 17.7 Å². The van der Waals surface area contributed by atoms with Gasteiger partial charge in [0.25, 0.3) is 0 Å². The normalized spacial score (nSPS) is 12.5. The molecule has 0 saturated carbocycles. The molecule has 1 unspecified atom stereocenters. The van der Waals surface area contributed by atoms with Crippen LogP contribution in [0.3, 0.4) is 0 Å². The van der Waals surface area contributed by atoms with E-state index < -0.39 is 0 Å². The molecular weight excluding hydrogens is 202 g/mol. The number of ether oxygens (including phenoxy) is 2. The molecule has 0 fully saturated rings. The van der Waals surface area contributed by atoms with Gasteiger partial charge < -0.3 is 15.2 Å². The first-order valence-corrected chi connectivity index (χ1v) is 5.59. The monoisotopic (exact) mass is 223 g/mol. The minimum absolute atomic E-state index is 0.414. The molecule has 3 nitrogen and oxygen atoms in total. The Morgan fingerprint density at radius 1 is 1.31 bits per heavy atom. The zero-order chi connectivity index (χ0) is 12.0. The number of benzene rings is 1. The molecule has 3 heteroatoms. The van der Waals surface area contributed by atoms with Crippen LogP contribution in [0.2, 0.25) is 0 Å². The second-order valence-electron chi connectivity index (χ2n) is 3.95. The first-order chi connectivity index (χ1) is 7.74. The fraction of sp³-hybridized carbons (Fsp3) is 0.538. The summed E-state index contributed by atoms with van der Waals surface area (Å²) in [5.41, 5.74) is 7.89. The highest BCUT2D eigenvalue weighted by Crippen LogP contribution is 2.31. The molecule has 0 amide bonds. The van der Waals surface area contributed by atoms with E-state index >= 15 is 0 Å². The molecule has 0 radical (unpaired) electrons. The summed E-state index contributed by atoms with van der Waals surface area (Å²) in [6.07, 6.45) is 0.965. The fourth-order valence-electron chi connectivity index (χ4n) is 1.92. The van der Waals surface area contributed by atoms with Gasteiger partial charge in [0, 0.05) is 12.7 Å². The van der Waals surface area contributed by atoms with Gasteiger partial charge in [-0.1, -0.05) is 25.1 Å². The molecule has 0 aromatic heterocycles. The van der Waals surface area contributed by atoms with Crippen molar-refractivity contribution >= 4 is 0 Å². The van der Waals surface area contributed by atoms with E-state index in [1.807, 2.05) is 12.1 Å². The van der Waals surface area contributed by atoms with Gasteiger partial charge in [0.15, 0.2) is 0 Å². The molecule has 2 N–H and O–H groups in total. The number of hydrogen-bond donors (Lipinski definition) is 1. The molecule has 16 heavy (non-hydrogen) atoms. The van der Waals surface area contributed by atoms with Gasteiger partial charge in [-0.25, -0.2) is 0 Å². The average molecular weight is 223 g/mol.